The Morgan fingerprint density at radius 3 is 2.58 bits per heavy atom. The first-order valence-corrected chi connectivity index (χ1v) is 10.9. The second-order valence-corrected chi connectivity index (χ2v) is 7.86. The first kappa shape index (κ1) is 22.5. The lowest BCUT2D eigenvalue weighted by molar-refractivity contribution is -0.111. The largest absolute Gasteiger partial charge is 0.496 e. The highest BCUT2D eigenvalue weighted by atomic mass is 35.5. The van der Waals surface area contributed by atoms with Gasteiger partial charge in [0.2, 0.25) is 5.91 Å². The van der Waals surface area contributed by atoms with E-state index < -0.39 is 0 Å². The van der Waals surface area contributed by atoms with Crippen LogP contribution in [0.1, 0.15) is 19.4 Å². The van der Waals surface area contributed by atoms with E-state index in [2.05, 4.69) is 5.32 Å². The van der Waals surface area contributed by atoms with Gasteiger partial charge in [-0.25, -0.2) is 0 Å². The summed E-state index contributed by atoms with van der Waals surface area (Å²) in [5.74, 6) is 1.16. The maximum absolute atomic E-state index is 12.6. The first-order valence-electron chi connectivity index (χ1n) is 10.6. The first-order chi connectivity index (χ1) is 16.0. The molecule has 168 valence electrons. The van der Waals surface area contributed by atoms with E-state index >= 15 is 0 Å². The summed E-state index contributed by atoms with van der Waals surface area (Å²) in [6, 6.07) is 18.8. The summed E-state index contributed by atoms with van der Waals surface area (Å²) in [5, 5.41) is 4.22. The van der Waals surface area contributed by atoms with Crippen LogP contribution in [-0.2, 0) is 4.79 Å². The van der Waals surface area contributed by atoms with Gasteiger partial charge >= 0.3 is 0 Å². The lowest BCUT2D eigenvalue weighted by Crippen LogP contribution is -2.09. The Labute approximate surface area is 197 Å². The van der Waals surface area contributed by atoms with Crippen molar-refractivity contribution in [3.8, 4) is 22.6 Å². The van der Waals surface area contributed by atoms with Crippen molar-refractivity contribution < 1.29 is 18.7 Å². The molecule has 0 saturated carbocycles. The number of benzene rings is 3. The summed E-state index contributed by atoms with van der Waals surface area (Å²) in [7, 11) is 1.60. The molecule has 0 fully saturated rings. The highest BCUT2D eigenvalue weighted by Gasteiger charge is 2.15. The standard InChI is InChI=1S/C27H24ClNO4/c1-4-32-19-11-9-18(10-12-19)22-16-33-26-15-25(31-3)20(14-21(22)26)17(2)13-27(30)29-24-8-6-5-7-23(24)28/h5-16H,4H2,1-3H3,(H,29,30)/b17-13+. The Morgan fingerprint density at radius 2 is 1.88 bits per heavy atom. The van der Waals surface area contributed by atoms with Gasteiger partial charge in [0.1, 0.15) is 17.1 Å². The van der Waals surface area contributed by atoms with Gasteiger partial charge in [0.25, 0.3) is 0 Å². The Kier molecular flexibility index (Phi) is 6.71. The normalized spacial score (nSPS) is 11.5. The maximum Gasteiger partial charge on any atom is 0.248 e. The Morgan fingerprint density at radius 1 is 1.12 bits per heavy atom. The van der Waals surface area contributed by atoms with Crippen LogP contribution in [0.5, 0.6) is 11.5 Å². The van der Waals surface area contributed by atoms with E-state index in [-0.39, 0.29) is 5.91 Å². The second kappa shape index (κ2) is 9.84. The Hall–Kier alpha value is -3.70. The van der Waals surface area contributed by atoms with Crippen molar-refractivity contribution in [1.82, 2.24) is 0 Å². The van der Waals surface area contributed by atoms with Gasteiger partial charge in [0.15, 0.2) is 0 Å². The number of halogens is 1. The minimum Gasteiger partial charge on any atom is -0.496 e. The van der Waals surface area contributed by atoms with Gasteiger partial charge in [0, 0.05) is 28.7 Å². The van der Waals surface area contributed by atoms with Crippen LogP contribution in [0.25, 0.3) is 27.7 Å². The van der Waals surface area contributed by atoms with Crippen LogP contribution in [-0.4, -0.2) is 19.6 Å². The van der Waals surface area contributed by atoms with Crippen LogP contribution < -0.4 is 14.8 Å². The molecule has 0 radical (unpaired) electrons. The Bertz CT molecular complexity index is 1320. The summed E-state index contributed by atoms with van der Waals surface area (Å²) in [6.07, 6.45) is 3.26. The highest BCUT2D eigenvalue weighted by Crippen LogP contribution is 2.37. The second-order valence-electron chi connectivity index (χ2n) is 7.45. The van der Waals surface area contributed by atoms with Crippen molar-refractivity contribution in [2.24, 2.45) is 0 Å². The fourth-order valence-corrected chi connectivity index (χ4v) is 3.84. The van der Waals surface area contributed by atoms with E-state index in [4.69, 9.17) is 25.5 Å². The maximum atomic E-state index is 12.6. The molecule has 4 aromatic rings. The number of carbonyl (C=O) groups excluding carboxylic acids is 1. The number of anilines is 1. The van der Waals surface area contributed by atoms with E-state index in [1.165, 1.54) is 6.08 Å². The average molecular weight is 462 g/mol. The van der Waals surface area contributed by atoms with Crippen LogP contribution >= 0.6 is 11.6 Å². The predicted octanol–water partition coefficient (Wildman–Crippen LogP) is 7.20. The monoisotopic (exact) mass is 461 g/mol. The van der Waals surface area contributed by atoms with Gasteiger partial charge in [0.05, 0.1) is 30.7 Å². The number of furan rings is 1. The molecule has 0 atom stereocenters. The van der Waals surface area contributed by atoms with Crippen molar-refractivity contribution in [1.29, 1.82) is 0 Å². The quantitative estimate of drug-likeness (QED) is 0.295. The lowest BCUT2D eigenvalue weighted by atomic mass is 9.99. The molecule has 1 amide bonds. The number of ether oxygens (including phenoxy) is 2. The van der Waals surface area contributed by atoms with Crippen LogP contribution in [0.15, 0.2) is 77.4 Å². The molecule has 0 aliphatic carbocycles. The van der Waals surface area contributed by atoms with E-state index in [9.17, 15) is 4.79 Å². The number of fused-ring (bicyclic) bond motifs is 1. The molecule has 1 heterocycles. The van der Waals surface area contributed by atoms with Gasteiger partial charge in [-0.2, -0.15) is 0 Å². The molecule has 1 N–H and O–H groups in total. The summed E-state index contributed by atoms with van der Waals surface area (Å²) >= 11 is 6.15. The highest BCUT2D eigenvalue weighted by molar-refractivity contribution is 6.33. The number of rotatable bonds is 7. The third-order valence-electron chi connectivity index (χ3n) is 5.28. The number of para-hydroxylation sites is 1. The minimum absolute atomic E-state index is 0.276. The number of methoxy groups -OCH3 is 1. The molecule has 0 spiro atoms. The smallest absolute Gasteiger partial charge is 0.248 e. The van der Waals surface area contributed by atoms with Gasteiger partial charge in [-0.05, 0) is 55.3 Å². The van der Waals surface area contributed by atoms with E-state index in [1.807, 2.05) is 62.4 Å². The summed E-state index contributed by atoms with van der Waals surface area (Å²) in [6.45, 7) is 4.44. The molecule has 0 saturated heterocycles. The number of carbonyl (C=O) groups is 1. The zero-order chi connectivity index (χ0) is 23.4. The zero-order valence-corrected chi connectivity index (χ0v) is 19.4. The van der Waals surface area contributed by atoms with Crippen molar-refractivity contribution in [3.05, 3.63) is 83.6 Å². The molecule has 33 heavy (non-hydrogen) atoms. The van der Waals surface area contributed by atoms with Crippen LogP contribution in [0.3, 0.4) is 0 Å². The molecular weight excluding hydrogens is 438 g/mol. The molecule has 0 aliphatic heterocycles. The van der Waals surface area contributed by atoms with Crippen molar-refractivity contribution in [3.63, 3.8) is 0 Å². The number of hydrogen-bond acceptors (Lipinski definition) is 4. The molecular formula is C27H24ClNO4. The van der Waals surface area contributed by atoms with Crippen LogP contribution in [0, 0.1) is 0 Å². The summed E-state index contributed by atoms with van der Waals surface area (Å²) < 4.78 is 16.9. The van der Waals surface area contributed by atoms with Gasteiger partial charge < -0.3 is 19.2 Å². The number of hydrogen-bond donors (Lipinski definition) is 1. The average Bonchev–Trinajstić information content (AvgIpc) is 3.23. The van der Waals surface area contributed by atoms with E-state index in [0.717, 1.165) is 33.4 Å². The van der Waals surface area contributed by atoms with Crippen LogP contribution in [0.2, 0.25) is 5.02 Å². The molecule has 0 aliphatic rings. The zero-order valence-electron chi connectivity index (χ0n) is 18.6. The molecule has 6 heteroatoms. The number of allylic oxidation sites excluding steroid dienone is 1. The Balaban J connectivity index is 1.69. The van der Waals surface area contributed by atoms with E-state index in [1.54, 1.807) is 25.5 Å². The fraction of sp³-hybridized carbons (Fsp3) is 0.148. The van der Waals surface area contributed by atoms with Gasteiger partial charge in [-0.15, -0.1) is 0 Å². The topological polar surface area (TPSA) is 60.7 Å². The van der Waals surface area contributed by atoms with Gasteiger partial charge in [-0.1, -0.05) is 35.9 Å². The molecule has 0 bridgehead atoms. The summed E-state index contributed by atoms with van der Waals surface area (Å²) in [5.41, 5.74) is 4.76. The SMILES string of the molecule is CCOc1ccc(-c2coc3cc(OC)c(/C(C)=C/C(=O)Nc4ccccc4Cl)cc23)cc1. The van der Waals surface area contributed by atoms with E-state index in [0.29, 0.717) is 28.6 Å². The molecule has 4 rings (SSSR count). The van der Waals surface area contributed by atoms with Crippen molar-refractivity contribution in [2.75, 3.05) is 19.0 Å². The molecule has 1 aromatic heterocycles. The van der Waals surface area contributed by atoms with Crippen LogP contribution in [0.4, 0.5) is 5.69 Å². The predicted molar refractivity (Wildman–Crippen MR) is 133 cm³/mol. The fourth-order valence-electron chi connectivity index (χ4n) is 3.66. The van der Waals surface area contributed by atoms with Gasteiger partial charge in [-0.3, -0.25) is 4.79 Å². The molecule has 5 nitrogen and oxygen atoms in total. The molecule has 0 unspecified atom stereocenters. The minimum atomic E-state index is -0.276. The number of nitrogens with one attached hydrogen (secondary N) is 1. The van der Waals surface area contributed by atoms with Crippen molar-refractivity contribution >= 4 is 39.7 Å². The van der Waals surface area contributed by atoms with Crippen molar-refractivity contribution in [2.45, 2.75) is 13.8 Å². The number of amides is 1. The third kappa shape index (κ3) is 4.89. The summed E-state index contributed by atoms with van der Waals surface area (Å²) in [4.78, 5) is 12.6. The lowest BCUT2D eigenvalue weighted by Gasteiger charge is -2.11. The molecule has 3 aromatic carbocycles. The third-order valence-corrected chi connectivity index (χ3v) is 5.61.